The lowest BCUT2D eigenvalue weighted by atomic mass is 10.2. The highest BCUT2D eigenvalue weighted by molar-refractivity contribution is 7.11. The van der Waals surface area contributed by atoms with E-state index >= 15 is 0 Å². The lowest BCUT2D eigenvalue weighted by Gasteiger charge is -2.13. The van der Waals surface area contributed by atoms with Crippen LogP contribution < -0.4 is 5.32 Å². The van der Waals surface area contributed by atoms with E-state index in [0.717, 1.165) is 16.5 Å². The van der Waals surface area contributed by atoms with Crippen LogP contribution >= 0.6 is 22.9 Å². The molecule has 0 bridgehead atoms. The van der Waals surface area contributed by atoms with Crippen LogP contribution in [0.2, 0.25) is 5.15 Å². The Morgan fingerprint density at radius 1 is 1.35 bits per heavy atom. The van der Waals surface area contributed by atoms with Gasteiger partial charge in [0.05, 0.1) is 16.7 Å². The van der Waals surface area contributed by atoms with Crippen molar-refractivity contribution in [2.75, 3.05) is 5.32 Å². The van der Waals surface area contributed by atoms with Crippen molar-refractivity contribution in [1.82, 2.24) is 15.0 Å². The summed E-state index contributed by atoms with van der Waals surface area (Å²) in [6.07, 6.45) is 1.45. The average Bonchev–Trinajstić information content (AvgIpc) is 2.58. The van der Waals surface area contributed by atoms with Crippen molar-refractivity contribution in [2.24, 2.45) is 0 Å². The molecule has 0 spiro atoms. The number of hydrogen-bond donors (Lipinski definition) is 1. The minimum atomic E-state index is 0.159. The SMILES string of the molecule is Cc1nc(C)c(C(C)Nc2cc(Cl)ncn2)s1. The molecule has 2 heterocycles. The Morgan fingerprint density at radius 2 is 2.12 bits per heavy atom. The number of thiazole rings is 1. The Morgan fingerprint density at radius 3 is 2.71 bits per heavy atom. The molecule has 0 aliphatic rings. The van der Waals surface area contributed by atoms with E-state index in [1.54, 1.807) is 17.4 Å². The van der Waals surface area contributed by atoms with Gasteiger partial charge >= 0.3 is 0 Å². The van der Waals surface area contributed by atoms with Crippen molar-refractivity contribution in [3.05, 3.63) is 33.1 Å². The maximum atomic E-state index is 5.81. The number of hydrogen-bond acceptors (Lipinski definition) is 5. The van der Waals surface area contributed by atoms with Gasteiger partial charge in [-0.2, -0.15) is 0 Å². The van der Waals surface area contributed by atoms with E-state index in [4.69, 9.17) is 11.6 Å². The van der Waals surface area contributed by atoms with Gasteiger partial charge in [0, 0.05) is 10.9 Å². The molecule has 0 aliphatic carbocycles. The summed E-state index contributed by atoms with van der Waals surface area (Å²) < 4.78 is 0. The summed E-state index contributed by atoms with van der Waals surface area (Å²) in [6.45, 7) is 6.11. The van der Waals surface area contributed by atoms with Gasteiger partial charge in [0.2, 0.25) is 0 Å². The molecule has 0 fully saturated rings. The first-order chi connectivity index (χ1) is 8.06. The van der Waals surface area contributed by atoms with E-state index in [1.807, 2.05) is 13.8 Å². The predicted molar refractivity (Wildman–Crippen MR) is 70.7 cm³/mol. The minimum Gasteiger partial charge on any atom is -0.363 e. The smallest absolute Gasteiger partial charge is 0.134 e. The first-order valence-electron chi connectivity index (χ1n) is 5.24. The van der Waals surface area contributed by atoms with Gasteiger partial charge in [0.15, 0.2) is 0 Å². The van der Waals surface area contributed by atoms with E-state index in [0.29, 0.717) is 5.15 Å². The zero-order chi connectivity index (χ0) is 12.4. The predicted octanol–water partition coefficient (Wildman–Crippen LogP) is 3.38. The summed E-state index contributed by atoms with van der Waals surface area (Å²) in [5.74, 6) is 0.725. The van der Waals surface area contributed by atoms with Gasteiger partial charge in [-0.1, -0.05) is 11.6 Å². The fraction of sp³-hybridized carbons (Fsp3) is 0.364. The van der Waals surface area contributed by atoms with Gasteiger partial charge in [0.1, 0.15) is 17.3 Å². The molecule has 1 atom stereocenters. The Bertz CT molecular complexity index is 526. The second-order valence-electron chi connectivity index (χ2n) is 3.77. The average molecular weight is 269 g/mol. The van der Waals surface area contributed by atoms with Gasteiger partial charge in [0.25, 0.3) is 0 Å². The molecular formula is C11H13ClN4S. The molecule has 4 nitrogen and oxygen atoms in total. The van der Waals surface area contributed by atoms with Crippen LogP contribution in [-0.2, 0) is 0 Å². The van der Waals surface area contributed by atoms with E-state index in [9.17, 15) is 0 Å². The number of aryl methyl sites for hydroxylation is 2. The third-order valence-corrected chi connectivity index (χ3v) is 3.79. The van der Waals surface area contributed by atoms with Crippen molar-refractivity contribution >= 4 is 28.8 Å². The third-order valence-electron chi connectivity index (χ3n) is 2.33. The summed E-state index contributed by atoms with van der Waals surface area (Å²) in [4.78, 5) is 13.6. The van der Waals surface area contributed by atoms with Gasteiger partial charge in [-0.05, 0) is 20.8 Å². The maximum absolute atomic E-state index is 5.81. The van der Waals surface area contributed by atoms with Crippen LogP contribution in [0.4, 0.5) is 5.82 Å². The second kappa shape index (κ2) is 4.98. The van der Waals surface area contributed by atoms with Crippen LogP contribution in [0, 0.1) is 13.8 Å². The van der Waals surface area contributed by atoms with Crippen molar-refractivity contribution in [1.29, 1.82) is 0 Å². The lowest BCUT2D eigenvalue weighted by Crippen LogP contribution is -2.07. The normalized spacial score (nSPS) is 12.5. The molecule has 0 radical (unpaired) electrons. The summed E-state index contributed by atoms with van der Waals surface area (Å²) in [7, 11) is 0. The van der Waals surface area contributed by atoms with Crippen LogP contribution in [0.15, 0.2) is 12.4 Å². The highest BCUT2D eigenvalue weighted by atomic mass is 35.5. The maximum Gasteiger partial charge on any atom is 0.134 e. The summed E-state index contributed by atoms with van der Waals surface area (Å²) in [5.41, 5.74) is 1.06. The number of aromatic nitrogens is 3. The van der Waals surface area contributed by atoms with Crippen molar-refractivity contribution in [2.45, 2.75) is 26.8 Å². The minimum absolute atomic E-state index is 0.159. The molecule has 0 amide bonds. The van der Waals surface area contributed by atoms with Crippen LogP contribution in [0.3, 0.4) is 0 Å². The number of nitrogens with zero attached hydrogens (tertiary/aromatic N) is 3. The number of halogens is 1. The molecule has 0 aromatic carbocycles. The second-order valence-corrected chi connectivity index (χ2v) is 5.40. The third kappa shape index (κ3) is 2.92. The molecule has 0 aliphatic heterocycles. The Kier molecular flexibility index (Phi) is 3.59. The molecule has 6 heteroatoms. The topological polar surface area (TPSA) is 50.7 Å². The Hall–Kier alpha value is -1.20. The van der Waals surface area contributed by atoms with Crippen molar-refractivity contribution < 1.29 is 0 Å². The first-order valence-corrected chi connectivity index (χ1v) is 6.43. The molecule has 0 saturated heterocycles. The van der Waals surface area contributed by atoms with Gasteiger partial charge < -0.3 is 5.32 Å². The molecule has 90 valence electrons. The Labute approximate surface area is 109 Å². The molecular weight excluding hydrogens is 256 g/mol. The zero-order valence-electron chi connectivity index (χ0n) is 9.86. The number of rotatable bonds is 3. The van der Waals surface area contributed by atoms with Crippen LogP contribution in [0.5, 0.6) is 0 Å². The molecule has 1 unspecified atom stereocenters. The largest absolute Gasteiger partial charge is 0.363 e. The van der Waals surface area contributed by atoms with E-state index in [-0.39, 0.29) is 6.04 Å². The molecule has 0 saturated carbocycles. The van der Waals surface area contributed by atoms with E-state index in [1.165, 1.54) is 11.2 Å². The lowest BCUT2D eigenvalue weighted by molar-refractivity contribution is 0.877. The quantitative estimate of drug-likeness (QED) is 0.867. The van der Waals surface area contributed by atoms with Crippen LogP contribution in [0.1, 0.15) is 28.5 Å². The zero-order valence-corrected chi connectivity index (χ0v) is 11.4. The fourth-order valence-electron chi connectivity index (χ4n) is 1.65. The summed E-state index contributed by atoms with van der Waals surface area (Å²) in [5, 5.41) is 4.80. The number of nitrogens with one attached hydrogen (secondary N) is 1. The Balaban J connectivity index is 2.16. The van der Waals surface area contributed by atoms with Crippen LogP contribution in [0.25, 0.3) is 0 Å². The van der Waals surface area contributed by atoms with Crippen LogP contribution in [-0.4, -0.2) is 15.0 Å². The van der Waals surface area contributed by atoms with Crippen molar-refractivity contribution in [3.8, 4) is 0 Å². The molecule has 2 rings (SSSR count). The molecule has 2 aromatic heterocycles. The first kappa shape index (κ1) is 12.3. The van der Waals surface area contributed by atoms with Gasteiger partial charge in [-0.15, -0.1) is 11.3 Å². The molecule has 1 N–H and O–H groups in total. The standard InChI is InChI=1S/C11H13ClN4S/c1-6-11(17-8(3)15-6)7(2)16-10-4-9(12)13-5-14-10/h4-5,7H,1-3H3,(H,13,14,16). The van der Waals surface area contributed by atoms with E-state index in [2.05, 4.69) is 27.2 Å². The fourth-order valence-corrected chi connectivity index (χ4v) is 2.73. The highest BCUT2D eigenvalue weighted by Crippen LogP contribution is 2.27. The van der Waals surface area contributed by atoms with Crippen molar-refractivity contribution in [3.63, 3.8) is 0 Å². The highest BCUT2D eigenvalue weighted by Gasteiger charge is 2.13. The summed E-state index contributed by atoms with van der Waals surface area (Å²) in [6, 6.07) is 1.87. The number of anilines is 1. The molecule has 17 heavy (non-hydrogen) atoms. The van der Waals surface area contributed by atoms with E-state index < -0.39 is 0 Å². The molecule has 2 aromatic rings. The summed E-state index contributed by atoms with van der Waals surface area (Å²) >= 11 is 7.50. The monoisotopic (exact) mass is 268 g/mol. The van der Waals surface area contributed by atoms with Gasteiger partial charge in [-0.3, -0.25) is 0 Å². The van der Waals surface area contributed by atoms with Gasteiger partial charge in [-0.25, -0.2) is 15.0 Å².